The fourth-order valence-corrected chi connectivity index (χ4v) is 0.743. The van der Waals surface area contributed by atoms with Gasteiger partial charge in [-0.2, -0.15) is 0 Å². The molecule has 1 heteroatoms. The van der Waals surface area contributed by atoms with Gasteiger partial charge in [-0.15, -0.1) is 0 Å². The van der Waals surface area contributed by atoms with Gasteiger partial charge in [-0.1, -0.05) is 30.3 Å². The zero-order chi connectivity index (χ0) is 7.40. The van der Waals surface area contributed by atoms with Crippen molar-refractivity contribution in [1.29, 1.82) is 0 Å². The minimum absolute atomic E-state index is 0.569. The van der Waals surface area contributed by atoms with Gasteiger partial charge < -0.3 is 5.32 Å². The van der Waals surface area contributed by atoms with Crippen LogP contribution in [0.25, 0.3) is 0 Å². The molecule has 0 bridgehead atoms. The lowest BCUT2D eigenvalue weighted by Gasteiger charge is -1.95. The molecule has 48 valence electrons. The zero-order valence-electron chi connectivity index (χ0n) is 6.52. The molecule has 1 aromatic rings. The van der Waals surface area contributed by atoms with Crippen LogP contribution in [-0.4, -0.2) is 7.05 Å². The average molecular weight is 123 g/mol. The van der Waals surface area contributed by atoms with Crippen molar-refractivity contribution in [2.75, 3.05) is 7.05 Å². The molecule has 0 radical (unpaired) electrons. The largest absolute Gasteiger partial charge is 0.316 e. The first-order valence-corrected chi connectivity index (χ1v) is 3.03. The molecule has 0 atom stereocenters. The molecule has 0 saturated heterocycles. The Morgan fingerprint density at radius 1 is 1.56 bits per heavy atom. The van der Waals surface area contributed by atoms with Crippen LogP contribution in [0.5, 0.6) is 0 Å². The molecule has 1 rings (SSSR count). The third kappa shape index (κ3) is 1.86. The molecule has 9 heavy (non-hydrogen) atoms. The zero-order valence-corrected chi connectivity index (χ0v) is 5.52. The topological polar surface area (TPSA) is 12.0 Å². The molecule has 0 aromatic heterocycles. The van der Waals surface area contributed by atoms with Gasteiger partial charge in [0.1, 0.15) is 0 Å². The lowest BCUT2D eigenvalue weighted by molar-refractivity contribution is 0.818. The van der Waals surface area contributed by atoms with E-state index in [4.69, 9.17) is 1.37 Å². The van der Waals surface area contributed by atoms with Crippen LogP contribution >= 0.6 is 0 Å². The van der Waals surface area contributed by atoms with Gasteiger partial charge in [0.05, 0.1) is 1.37 Å². The number of nitrogens with one attached hydrogen (secondary N) is 1. The van der Waals surface area contributed by atoms with Crippen LogP contribution in [0.15, 0.2) is 30.3 Å². The maximum absolute atomic E-state index is 7.20. The van der Waals surface area contributed by atoms with E-state index in [-0.39, 0.29) is 0 Å². The van der Waals surface area contributed by atoms with E-state index in [0.717, 1.165) is 6.54 Å². The van der Waals surface area contributed by atoms with Crippen molar-refractivity contribution < 1.29 is 1.37 Å². The van der Waals surface area contributed by atoms with Gasteiger partial charge in [0.25, 0.3) is 0 Å². The summed E-state index contributed by atoms with van der Waals surface area (Å²) in [6.07, 6.45) is 0. The Morgan fingerprint density at radius 3 is 2.78 bits per heavy atom. The number of benzene rings is 1. The van der Waals surface area contributed by atoms with E-state index in [2.05, 4.69) is 5.32 Å². The number of hydrogen-bond acceptors (Lipinski definition) is 1. The molecular formula is C8H11N. The van der Waals surface area contributed by atoms with Gasteiger partial charge in [0.15, 0.2) is 0 Å². The third-order valence-electron chi connectivity index (χ3n) is 1.17. The maximum atomic E-state index is 7.20. The summed E-state index contributed by atoms with van der Waals surface area (Å²) in [5.41, 5.74) is 1.22. The second-order valence-corrected chi connectivity index (χ2v) is 1.94. The van der Waals surface area contributed by atoms with Gasteiger partial charge in [0, 0.05) is 6.54 Å². The Bertz CT molecular complexity index is 193. The maximum Gasteiger partial charge on any atom is 0.0623 e. The second kappa shape index (κ2) is 3.25. The molecule has 0 aliphatic rings. The van der Waals surface area contributed by atoms with E-state index in [0.29, 0.717) is 6.04 Å². The van der Waals surface area contributed by atoms with Gasteiger partial charge in [-0.25, -0.2) is 0 Å². The summed E-state index contributed by atoms with van der Waals surface area (Å²) < 4.78 is 7.20. The molecule has 0 aliphatic heterocycles. The van der Waals surface area contributed by atoms with Gasteiger partial charge in [-0.05, 0) is 12.6 Å². The Morgan fingerprint density at radius 2 is 2.22 bits per heavy atom. The standard InChI is InChI=1S/C8H11N/c1-9-7-8-5-3-2-4-6-8/h2-6,9H,7H2,1H3/i2T. The molecule has 0 unspecified atom stereocenters. The van der Waals surface area contributed by atoms with Crippen molar-refractivity contribution in [3.8, 4) is 0 Å². The normalized spacial score (nSPS) is 11.0. The van der Waals surface area contributed by atoms with Gasteiger partial charge >= 0.3 is 0 Å². The van der Waals surface area contributed by atoms with Crippen LogP contribution in [0.3, 0.4) is 0 Å². The van der Waals surface area contributed by atoms with Crippen molar-refractivity contribution in [2.24, 2.45) is 0 Å². The molecule has 1 N–H and O–H groups in total. The lowest BCUT2D eigenvalue weighted by Crippen LogP contribution is -2.04. The van der Waals surface area contributed by atoms with Crippen LogP contribution in [0.1, 0.15) is 6.93 Å². The van der Waals surface area contributed by atoms with Crippen molar-refractivity contribution in [2.45, 2.75) is 6.54 Å². The SMILES string of the molecule is [3H]c1ccc(CNC)cc1. The van der Waals surface area contributed by atoms with E-state index in [1.165, 1.54) is 5.56 Å². The Kier molecular flexibility index (Phi) is 1.81. The molecule has 0 heterocycles. The van der Waals surface area contributed by atoms with Gasteiger partial charge in [0.2, 0.25) is 0 Å². The summed E-state index contributed by atoms with van der Waals surface area (Å²) >= 11 is 0. The summed E-state index contributed by atoms with van der Waals surface area (Å²) in [6.45, 7) is 0.875. The first-order chi connectivity index (χ1) is 4.83. The summed E-state index contributed by atoms with van der Waals surface area (Å²) in [6, 6.07) is 8.08. The second-order valence-electron chi connectivity index (χ2n) is 1.94. The highest BCUT2D eigenvalue weighted by atomic mass is 14.8. The van der Waals surface area contributed by atoms with Crippen LogP contribution < -0.4 is 5.32 Å². The van der Waals surface area contributed by atoms with E-state index >= 15 is 0 Å². The molecule has 0 saturated carbocycles. The van der Waals surface area contributed by atoms with Crippen molar-refractivity contribution in [3.63, 3.8) is 0 Å². The molecule has 0 aliphatic carbocycles. The molecular weight excluding hydrogens is 110 g/mol. The molecule has 0 fully saturated rings. The van der Waals surface area contributed by atoms with Crippen molar-refractivity contribution >= 4 is 0 Å². The average Bonchev–Trinajstić information content (AvgIpc) is 1.95. The Balaban J connectivity index is 2.69. The summed E-state index contributed by atoms with van der Waals surface area (Å²) in [5.74, 6) is 0. The molecule has 0 amide bonds. The predicted octanol–water partition coefficient (Wildman–Crippen LogP) is 1.41. The van der Waals surface area contributed by atoms with Crippen molar-refractivity contribution in [1.82, 2.24) is 5.32 Å². The van der Waals surface area contributed by atoms with Crippen molar-refractivity contribution in [3.05, 3.63) is 35.9 Å². The Labute approximate surface area is 57.1 Å². The smallest absolute Gasteiger partial charge is 0.0623 e. The van der Waals surface area contributed by atoms with Gasteiger partial charge in [-0.3, -0.25) is 0 Å². The molecule has 1 aromatic carbocycles. The van der Waals surface area contributed by atoms with E-state index in [9.17, 15) is 0 Å². The van der Waals surface area contributed by atoms with Crippen LogP contribution in [0.2, 0.25) is 0 Å². The fraction of sp³-hybridized carbons (Fsp3) is 0.250. The highest BCUT2D eigenvalue weighted by Crippen LogP contribution is 1.95. The summed E-state index contributed by atoms with van der Waals surface area (Å²) in [5, 5.41) is 3.04. The van der Waals surface area contributed by atoms with Crippen LogP contribution in [-0.2, 0) is 6.54 Å². The van der Waals surface area contributed by atoms with Crippen LogP contribution in [0, 0.1) is 0 Å². The predicted molar refractivity (Wildman–Crippen MR) is 39.2 cm³/mol. The summed E-state index contributed by atoms with van der Waals surface area (Å²) in [7, 11) is 1.91. The first kappa shape index (κ1) is 5.00. The fourth-order valence-electron chi connectivity index (χ4n) is 0.743. The number of rotatable bonds is 2. The van der Waals surface area contributed by atoms with E-state index < -0.39 is 0 Å². The lowest BCUT2D eigenvalue weighted by atomic mass is 10.2. The highest BCUT2D eigenvalue weighted by molar-refractivity contribution is 5.13. The monoisotopic (exact) mass is 123 g/mol. The van der Waals surface area contributed by atoms with E-state index in [1.54, 1.807) is 12.1 Å². The third-order valence-corrected chi connectivity index (χ3v) is 1.17. The molecule has 1 nitrogen and oxygen atoms in total. The van der Waals surface area contributed by atoms with Crippen LogP contribution in [0.4, 0.5) is 0 Å². The number of hydrogen-bond donors (Lipinski definition) is 1. The van der Waals surface area contributed by atoms with E-state index in [1.807, 2.05) is 19.2 Å². The molecule has 0 spiro atoms. The Hall–Kier alpha value is -0.820. The highest BCUT2D eigenvalue weighted by Gasteiger charge is 1.83. The minimum atomic E-state index is 0.569. The minimum Gasteiger partial charge on any atom is -0.316 e. The first-order valence-electron chi connectivity index (χ1n) is 3.53. The summed E-state index contributed by atoms with van der Waals surface area (Å²) in [4.78, 5) is 0. The quantitative estimate of drug-likeness (QED) is 0.627.